The Morgan fingerprint density at radius 2 is 2.00 bits per heavy atom. The van der Waals surface area contributed by atoms with E-state index >= 15 is 4.39 Å². The SMILES string of the molecule is COc1cc(-c2cc(C(F)(F)F)cc3c2n(C)c(=O)n3CC(=O)Nc2cc[n+](C)[nH]2)cc(F)c1OCc1ncn[nH]1. The maximum absolute atomic E-state index is 15.3. The van der Waals surface area contributed by atoms with Crippen LogP contribution in [0.25, 0.3) is 22.2 Å². The van der Waals surface area contributed by atoms with Crippen molar-refractivity contribution in [3.8, 4) is 22.6 Å². The van der Waals surface area contributed by atoms with Gasteiger partial charge in [0.15, 0.2) is 42.2 Å². The van der Waals surface area contributed by atoms with Gasteiger partial charge >= 0.3 is 11.9 Å². The number of nitrogens with zero attached hydrogens (tertiary/aromatic N) is 5. The zero-order valence-electron chi connectivity index (χ0n) is 21.8. The molecule has 0 radical (unpaired) electrons. The maximum Gasteiger partial charge on any atom is 0.416 e. The number of aryl methyl sites for hydroxylation is 2. The monoisotopic (exact) mass is 575 g/mol. The number of methoxy groups -OCH3 is 1. The van der Waals surface area contributed by atoms with Gasteiger partial charge in [-0.05, 0) is 29.8 Å². The summed E-state index contributed by atoms with van der Waals surface area (Å²) < 4.78 is 71.7. The van der Waals surface area contributed by atoms with E-state index in [-0.39, 0.29) is 40.3 Å². The third-order valence-corrected chi connectivity index (χ3v) is 6.26. The van der Waals surface area contributed by atoms with Crippen LogP contribution in [0.5, 0.6) is 11.5 Å². The molecule has 3 heterocycles. The second-order valence-corrected chi connectivity index (χ2v) is 9.03. The van der Waals surface area contributed by atoms with E-state index < -0.39 is 35.7 Å². The first-order valence-electron chi connectivity index (χ1n) is 12.0. The molecule has 3 N–H and O–H groups in total. The number of halogens is 4. The summed E-state index contributed by atoms with van der Waals surface area (Å²) in [4.78, 5) is 29.8. The first-order valence-corrected chi connectivity index (χ1v) is 12.0. The maximum atomic E-state index is 15.3. The Balaban J connectivity index is 1.62. The molecule has 0 atom stereocenters. The fourth-order valence-electron chi connectivity index (χ4n) is 4.40. The average molecular weight is 576 g/mol. The highest BCUT2D eigenvalue weighted by atomic mass is 19.4. The number of ether oxygens (including phenoxy) is 2. The summed E-state index contributed by atoms with van der Waals surface area (Å²) in [7, 11) is 4.29. The van der Waals surface area contributed by atoms with Gasteiger partial charge in [0, 0.05) is 12.6 Å². The minimum atomic E-state index is -4.82. The second-order valence-electron chi connectivity index (χ2n) is 9.03. The number of alkyl halides is 3. The van der Waals surface area contributed by atoms with Crippen molar-refractivity contribution in [2.24, 2.45) is 14.1 Å². The Morgan fingerprint density at radius 3 is 2.63 bits per heavy atom. The van der Waals surface area contributed by atoms with Crippen LogP contribution in [0.3, 0.4) is 0 Å². The van der Waals surface area contributed by atoms with Gasteiger partial charge in [0.25, 0.3) is 0 Å². The van der Waals surface area contributed by atoms with Crippen LogP contribution in [0.4, 0.5) is 23.4 Å². The Bertz CT molecular complexity index is 1800. The molecule has 2 aromatic carbocycles. The lowest BCUT2D eigenvalue weighted by atomic mass is 9.99. The first-order chi connectivity index (χ1) is 19.5. The van der Waals surface area contributed by atoms with Crippen molar-refractivity contribution in [2.75, 3.05) is 12.4 Å². The molecule has 0 saturated heterocycles. The van der Waals surface area contributed by atoms with E-state index in [0.717, 1.165) is 27.3 Å². The van der Waals surface area contributed by atoms with E-state index in [1.807, 2.05) is 0 Å². The molecule has 12 nitrogen and oxygen atoms in total. The standard InChI is InChI=1S/C25H22F4N8O4/c1-35-5-4-19(34-35)32-21(38)10-37-17-9-14(25(27,28)29)8-15(22(17)36(2)24(37)39)13-6-16(26)23(18(7-13)40-3)41-11-20-30-12-31-33-20/h4-9,12H,10-11H2,1-3H3,(H2,30,31,32,33,34,38)/p+1. The number of carbonyl (C=O) groups excluding carboxylic acids is 1. The van der Waals surface area contributed by atoms with E-state index in [9.17, 15) is 22.8 Å². The Kier molecular flexibility index (Phi) is 6.98. The molecule has 5 rings (SSSR count). The molecule has 0 aliphatic carbocycles. The summed E-state index contributed by atoms with van der Waals surface area (Å²) in [6.07, 6.45) is -1.93. The Labute approximate surface area is 228 Å². The topological polar surface area (TPSA) is 136 Å². The Hall–Kier alpha value is -5.15. The number of amides is 1. The van der Waals surface area contributed by atoms with Crippen LogP contribution in [-0.2, 0) is 38.2 Å². The summed E-state index contributed by atoms with van der Waals surface area (Å²) in [5, 5.41) is 11.6. The van der Waals surface area contributed by atoms with Gasteiger partial charge in [-0.1, -0.05) is 0 Å². The number of fused-ring (bicyclic) bond motifs is 1. The molecule has 1 amide bonds. The molecular formula is C25H23F4N8O4+. The van der Waals surface area contributed by atoms with Gasteiger partial charge in [-0.3, -0.25) is 19.0 Å². The highest BCUT2D eigenvalue weighted by Crippen LogP contribution is 2.41. The Morgan fingerprint density at radius 1 is 1.22 bits per heavy atom. The average Bonchev–Trinajstić information content (AvgIpc) is 3.64. The number of anilines is 1. The first kappa shape index (κ1) is 27.4. The van der Waals surface area contributed by atoms with Crippen molar-refractivity contribution in [2.45, 2.75) is 19.3 Å². The third-order valence-electron chi connectivity index (χ3n) is 6.26. The number of imidazole rings is 1. The van der Waals surface area contributed by atoms with Crippen molar-refractivity contribution >= 4 is 22.8 Å². The minimum Gasteiger partial charge on any atom is -0.493 e. The van der Waals surface area contributed by atoms with Gasteiger partial charge in [0.1, 0.15) is 19.5 Å². The molecule has 214 valence electrons. The van der Waals surface area contributed by atoms with Crippen LogP contribution in [0.1, 0.15) is 11.4 Å². The van der Waals surface area contributed by atoms with Crippen LogP contribution < -0.4 is 25.2 Å². The largest absolute Gasteiger partial charge is 0.493 e. The lowest BCUT2D eigenvalue weighted by Gasteiger charge is -2.15. The number of nitrogens with one attached hydrogen (secondary N) is 3. The van der Waals surface area contributed by atoms with E-state index in [2.05, 4.69) is 25.6 Å². The number of hydrogen-bond donors (Lipinski definition) is 3. The van der Waals surface area contributed by atoms with Crippen molar-refractivity contribution < 1.29 is 36.5 Å². The summed E-state index contributed by atoms with van der Waals surface area (Å²) in [5.41, 5.74) is -2.07. The molecule has 16 heteroatoms. The molecular weight excluding hydrogens is 552 g/mol. The number of aromatic nitrogens is 7. The molecule has 0 aliphatic heterocycles. The molecule has 0 aliphatic rings. The van der Waals surface area contributed by atoms with Gasteiger partial charge in [-0.25, -0.2) is 14.2 Å². The zero-order valence-corrected chi connectivity index (χ0v) is 21.8. The molecule has 0 saturated carbocycles. The summed E-state index contributed by atoms with van der Waals surface area (Å²) in [6, 6.07) is 5.45. The minimum absolute atomic E-state index is 0.0152. The zero-order chi connectivity index (χ0) is 29.5. The number of hydrogen-bond acceptors (Lipinski definition) is 6. The van der Waals surface area contributed by atoms with Crippen LogP contribution in [0, 0.1) is 5.82 Å². The normalized spacial score (nSPS) is 11.7. The summed E-state index contributed by atoms with van der Waals surface area (Å²) in [6.45, 7) is -0.758. The number of aromatic amines is 2. The van der Waals surface area contributed by atoms with E-state index in [1.165, 1.54) is 26.6 Å². The molecule has 0 fully saturated rings. The lowest BCUT2D eigenvalue weighted by molar-refractivity contribution is -0.725. The summed E-state index contributed by atoms with van der Waals surface area (Å²) >= 11 is 0. The van der Waals surface area contributed by atoms with Crippen molar-refractivity contribution in [3.63, 3.8) is 0 Å². The predicted octanol–water partition coefficient (Wildman–Crippen LogP) is 2.66. The third kappa shape index (κ3) is 5.35. The molecule has 41 heavy (non-hydrogen) atoms. The quantitative estimate of drug-likeness (QED) is 0.192. The van der Waals surface area contributed by atoms with Crippen molar-refractivity contribution in [1.82, 2.24) is 29.4 Å². The van der Waals surface area contributed by atoms with E-state index in [0.29, 0.717) is 11.6 Å². The fraction of sp³-hybridized carbons (Fsp3) is 0.240. The van der Waals surface area contributed by atoms with Gasteiger partial charge in [-0.15, -0.1) is 9.78 Å². The van der Waals surface area contributed by atoms with Gasteiger partial charge < -0.3 is 14.8 Å². The number of H-pyrrole nitrogens is 2. The smallest absolute Gasteiger partial charge is 0.416 e. The molecule has 5 aromatic rings. The van der Waals surface area contributed by atoms with Crippen LogP contribution >= 0.6 is 0 Å². The number of benzene rings is 2. The molecule has 0 spiro atoms. The van der Waals surface area contributed by atoms with E-state index in [4.69, 9.17) is 9.47 Å². The number of rotatable bonds is 8. The van der Waals surface area contributed by atoms with Crippen LogP contribution in [0.2, 0.25) is 0 Å². The number of carbonyl (C=O) groups is 1. The highest BCUT2D eigenvalue weighted by Gasteiger charge is 2.33. The van der Waals surface area contributed by atoms with Crippen LogP contribution in [0.15, 0.2) is 47.7 Å². The molecule has 0 unspecified atom stereocenters. The molecule has 3 aromatic heterocycles. The highest BCUT2D eigenvalue weighted by molar-refractivity contribution is 5.96. The van der Waals surface area contributed by atoms with Gasteiger partial charge in [0.05, 0.1) is 29.8 Å². The van der Waals surface area contributed by atoms with Gasteiger partial charge in [0.2, 0.25) is 5.91 Å². The fourth-order valence-corrected chi connectivity index (χ4v) is 4.40. The molecule has 0 bridgehead atoms. The lowest BCUT2D eigenvalue weighted by Crippen LogP contribution is -2.30. The predicted molar refractivity (Wildman–Crippen MR) is 135 cm³/mol. The van der Waals surface area contributed by atoms with Crippen molar-refractivity contribution in [1.29, 1.82) is 0 Å². The van der Waals surface area contributed by atoms with Gasteiger partial charge in [-0.2, -0.15) is 18.3 Å². The van der Waals surface area contributed by atoms with Crippen molar-refractivity contribution in [3.05, 3.63) is 70.5 Å². The second kappa shape index (κ2) is 10.4. The van der Waals surface area contributed by atoms with E-state index in [1.54, 1.807) is 24.0 Å². The summed E-state index contributed by atoms with van der Waals surface area (Å²) in [5.74, 6) is -1.34. The van der Waals surface area contributed by atoms with Crippen LogP contribution in [-0.4, -0.2) is 42.4 Å².